The third-order valence-electron chi connectivity index (χ3n) is 3.54. The number of hydrogen-bond acceptors (Lipinski definition) is 3. The van der Waals surface area contributed by atoms with E-state index in [1.165, 1.54) is 0 Å². The number of carbonyl (C=O) groups excluding carboxylic acids is 2. The number of ether oxygens (including phenoxy) is 1. The van der Waals surface area contributed by atoms with Crippen LogP contribution in [0.1, 0.15) is 18.1 Å². The summed E-state index contributed by atoms with van der Waals surface area (Å²) >= 11 is 3.47. The lowest BCUT2D eigenvalue weighted by Crippen LogP contribution is -2.41. The smallest absolute Gasteiger partial charge is 0.272 e. The molecule has 0 radical (unpaired) electrons. The average Bonchev–Trinajstić information content (AvgIpc) is 2.55. The van der Waals surface area contributed by atoms with Crippen molar-refractivity contribution >= 4 is 33.8 Å². The predicted molar refractivity (Wildman–Crippen MR) is 87.0 cm³/mol. The predicted octanol–water partition coefficient (Wildman–Crippen LogP) is 3.50. The highest BCUT2D eigenvalue weighted by Gasteiger charge is 2.36. The molecule has 0 spiro atoms. The van der Waals surface area contributed by atoms with E-state index < -0.39 is 6.10 Å². The van der Waals surface area contributed by atoms with Crippen molar-refractivity contribution in [3.63, 3.8) is 0 Å². The molecule has 0 N–H and O–H groups in total. The Kier molecular flexibility index (Phi) is 4.24. The van der Waals surface area contributed by atoms with Gasteiger partial charge < -0.3 is 14.4 Å². The minimum Gasteiger partial charge on any atom is -0.472 e. The topological polar surface area (TPSA) is 46.6 Å². The van der Waals surface area contributed by atoms with Gasteiger partial charge in [-0.3, -0.25) is 4.79 Å². The quantitative estimate of drug-likeness (QED) is 0.784. The van der Waals surface area contributed by atoms with Crippen LogP contribution in [0.15, 0.2) is 53.0 Å². The van der Waals surface area contributed by atoms with Crippen LogP contribution in [0.5, 0.6) is 5.75 Å². The number of amides is 1. The molecule has 1 aliphatic rings. The summed E-state index contributed by atoms with van der Waals surface area (Å²) in [6, 6.07) is 14.9. The summed E-state index contributed by atoms with van der Waals surface area (Å²) < 4.78 is 6.73. The number of hydrogen-bond donors (Lipinski definition) is 0. The van der Waals surface area contributed by atoms with Crippen LogP contribution in [-0.2, 0) is 9.59 Å². The lowest BCUT2D eigenvalue weighted by Gasteiger charge is -2.34. The van der Waals surface area contributed by atoms with Gasteiger partial charge >= 0.3 is 0 Å². The van der Waals surface area contributed by atoms with Gasteiger partial charge in [0.15, 0.2) is 5.75 Å². The van der Waals surface area contributed by atoms with E-state index in [0.29, 0.717) is 24.4 Å². The molecule has 112 valence electrons. The Morgan fingerprint density at radius 1 is 1.14 bits per heavy atom. The van der Waals surface area contributed by atoms with Gasteiger partial charge in [-0.1, -0.05) is 36.4 Å². The van der Waals surface area contributed by atoms with E-state index in [-0.39, 0.29) is 5.91 Å². The number of anilines is 1. The highest BCUT2D eigenvalue weighted by Crippen LogP contribution is 2.43. The first-order valence-electron chi connectivity index (χ1n) is 6.97. The van der Waals surface area contributed by atoms with Crippen LogP contribution >= 0.6 is 15.9 Å². The molecule has 0 saturated heterocycles. The van der Waals surface area contributed by atoms with E-state index in [4.69, 9.17) is 4.74 Å². The summed E-state index contributed by atoms with van der Waals surface area (Å²) in [5.74, 6) is 0.473. The fraction of sp³-hybridized carbons (Fsp3) is 0.176. The van der Waals surface area contributed by atoms with E-state index >= 15 is 0 Å². The zero-order valence-corrected chi connectivity index (χ0v) is 13.3. The Bertz CT molecular complexity index is 702. The van der Waals surface area contributed by atoms with Crippen molar-refractivity contribution in [2.45, 2.75) is 12.5 Å². The van der Waals surface area contributed by atoms with E-state index in [9.17, 15) is 9.59 Å². The van der Waals surface area contributed by atoms with Crippen LogP contribution in [-0.4, -0.2) is 18.7 Å². The van der Waals surface area contributed by atoms with Gasteiger partial charge in [0, 0.05) is 18.5 Å². The first-order chi connectivity index (χ1) is 10.7. The van der Waals surface area contributed by atoms with Gasteiger partial charge in [-0.25, -0.2) is 0 Å². The zero-order chi connectivity index (χ0) is 15.5. The van der Waals surface area contributed by atoms with Crippen LogP contribution in [0.4, 0.5) is 5.69 Å². The largest absolute Gasteiger partial charge is 0.472 e. The Morgan fingerprint density at radius 2 is 1.91 bits per heavy atom. The number of rotatable bonds is 4. The van der Waals surface area contributed by atoms with Crippen LogP contribution in [0.25, 0.3) is 0 Å². The van der Waals surface area contributed by atoms with Gasteiger partial charge in [0.1, 0.15) is 6.29 Å². The normalized spacial score (nSPS) is 16.9. The lowest BCUT2D eigenvalue weighted by molar-refractivity contribution is -0.126. The molecule has 1 heterocycles. The second-order valence-electron chi connectivity index (χ2n) is 4.94. The maximum atomic E-state index is 12.8. The molecule has 2 aromatic carbocycles. The second-order valence-corrected chi connectivity index (χ2v) is 5.80. The van der Waals surface area contributed by atoms with Gasteiger partial charge in [-0.2, -0.15) is 0 Å². The number of aldehydes is 1. The van der Waals surface area contributed by atoms with E-state index in [0.717, 1.165) is 16.3 Å². The molecule has 0 bridgehead atoms. The number of benzene rings is 2. The van der Waals surface area contributed by atoms with Crippen LogP contribution in [0.2, 0.25) is 0 Å². The van der Waals surface area contributed by atoms with Crippen LogP contribution < -0.4 is 9.64 Å². The summed E-state index contributed by atoms with van der Waals surface area (Å²) in [5, 5.41) is 0. The van der Waals surface area contributed by atoms with Gasteiger partial charge in [0.2, 0.25) is 6.10 Å². The molecule has 1 amide bonds. The minimum atomic E-state index is -0.695. The first-order valence-corrected chi connectivity index (χ1v) is 7.77. The second kappa shape index (κ2) is 6.32. The minimum absolute atomic E-state index is 0.154. The van der Waals surface area contributed by atoms with Gasteiger partial charge in [-0.15, -0.1) is 0 Å². The third-order valence-corrected chi connectivity index (χ3v) is 4.16. The Balaban J connectivity index is 2.05. The molecule has 0 fully saturated rings. The van der Waals surface area contributed by atoms with Gasteiger partial charge in [0.05, 0.1) is 10.2 Å². The number of halogens is 1. The van der Waals surface area contributed by atoms with Crippen molar-refractivity contribution in [2.24, 2.45) is 0 Å². The van der Waals surface area contributed by atoms with Gasteiger partial charge in [0.25, 0.3) is 5.91 Å². The maximum absolute atomic E-state index is 12.8. The summed E-state index contributed by atoms with van der Waals surface area (Å²) in [6.07, 6.45) is 0.413. The molecule has 0 aromatic heterocycles. The standard InChI is InChI=1S/C17H14BrNO3/c18-13-8-4-9-14-16(13)22-15(12-6-2-1-3-7-12)17(21)19(14)10-5-11-20/h1-4,6-9,11,15H,5,10H2. The molecule has 1 unspecified atom stereocenters. The maximum Gasteiger partial charge on any atom is 0.272 e. The van der Waals surface area contributed by atoms with Crippen molar-refractivity contribution in [3.05, 3.63) is 58.6 Å². The van der Waals surface area contributed by atoms with Crippen molar-refractivity contribution in [3.8, 4) is 5.75 Å². The zero-order valence-electron chi connectivity index (χ0n) is 11.7. The monoisotopic (exact) mass is 359 g/mol. The molecule has 0 saturated carbocycles. The van der Waals surface area contributed by atoms with E-state index in [1.807, 2.05) is 48.5 Å². The molecule has 1 atom stereocenters. The summed E-state index contributed by atoms with van der Waals surface area (Å²) in [5.41, 5.74) is 1.48. The molecular formula is C17H14BrNO3. The van der Waals surface area contributed by atoms with Crippen molar-refractivity contribution in [2.75, 3.05) is 11.4 Å². The summed E-state index contributed by atoms with van der Waals surface area (Å²) in [6.45, 7) is 0.346. The van der Waals surface area contributed by atoms with Crippen LogP contribution in [0.3, 0.4) is 0 Å². The molecule has 4 nitrogen and oxygen atoms in total. The average molecular weight is 360 g/mol. The number of para-hydroxylation sites is 1. The fourth-order valence-corrected chi connectivity index (χ4v) is 2.96. The molecule has 5 heteroatoms. The van der Waals surface area contributed by atoms with Crippen LogP contribution in [0, 0.1) is 0 Å². The fourth-order valence-electron chi connectivity index (χ4n) is 2.51. The lowest BCUT2D eigenvalue weighted by atomic mass is 10.1. The van der Waals surface area contributed by atoms with E-state index in [1.54, 1.807) is 4.90 Å². The summed E-state index contributed by atoms with van der Waals surface area (Å²) in [7, 11) is 0. The molecular weight excluding hydrogens is 346 g/mol. The summed E-state index contributed by atoms with van der Waals surface area (Å²) in [4.78, 5) is 25.1. The molecule has 1 aliphatic heterocycles. The SMILES string of the molecule is O=CCCN1C(=O)C(c2ccccc2)Oc2c(Br)cccc21. The Morgan fingerprint density at radius 3 is 2.64 bits per heavy atom. The number of fused-ring (bicyclic) bond motifs is 1. The highest BCUT2D eigenvalue weighted by molar-refractivity contribution is 9.10. The highest BCUT2D eigenvalue weighted by atomic mass is 79.9. The van der Waals surface area contributed by atoms with Crippen molar-refractivity contribution in [1.82, 2.24) is 0 Å². The molecule has 22 heavy (non-hydrogen) atoms. The Labute approximate surface area is 136 Å². The van der Waals surface area contributed by atoms with Crippen molar-refractivity contribution < 1.29 is 14.3 Å². The first kappa shape index (κ1) is 14.8. The van der Waals surface area contributed by atoms with E-state index in [2.05, 4.69) is 15.9 Å². The molecule has 2 aromatic rings. The van der Waals surface area contributed by atoms with Gasteiger partial charge in [-0.05, 0) is 28.1 Å². The number of carbonyl (C=O) groups is 2. The van der Waals surface area contributed by atoms with Crippen molar-refractivity contribution in [1.29, 1.82) is 0 Å². The third kappa shape index (κ3) is 2.64. The number of nitrogens with zero attached hydrogens (tertiary/aromatic N) is 1. The molecule has 3 rings (SSSR count). The Hall–Kier alpha value is -2.14. The molecule has 0 aliphatic carbocycles.